The second-order valence-corrected chi connectivity index (χ2v) is 7.07. The number of hydrogen-bond donors (Lipinski definition) is 1. The minimum Gasteiger partial charge on any atom is -0.352 e. The fraction of sp³-hybridized carbons (Fsp3) is 0.556. The molecule has 5 nitrogen and oxygen atoms in total. The lowest BCUT2D eigenvalue weighted by Gasteiger charge is -2.21. The van der Waals surface area contributed by atoms with Gasteiger partial charge in [0.1, 0.15) is 5.82 Å². The molecule has 1 saturated heterocycles. The lowest BCUT2D eigenvalue weighted by molar-refractivity contribution is -0.130. The summed E-state index contributed by atoms with van der Waals surface area (Å²) in [6.45, 7) is 3.12. The van der Waals surface area contributed by atoms with Gasteiger partial charge in [-0.2, -0.15) is 0 Å². The van der Waals surface area contributed by atoms with Gasteiger partial charge in [-0.25, -0.2) is 4.39 Å². The molecule has 0 bridgehead atoms. The number of nitrogens with zero attached hydrogens (tertiary/aromatic N) is 2. The van der Waals surface area contributed by atoms with E-state index in [0.717, 1.165) is 25.6 Å². The van der Waals surface area contributed by atoms with E-state index in [1.54, 1.807) is 0 Å². The van der Waals surface area contributed by atoms with Crippen LogP contribution in [0.4, 0.5) is 4.39 Å². The standard InChI is InChI=1S/C18H24FN3O2/c1-21(2)9-14-15-10-22(11-16(14)15)17(23)7-8-20-18(24)12-3-5-13(19)6-4-12/h3-6,14-16H,7-11H2,1-2H3,(H,20,24)/t14?,15-,16+. The number of piperidine rings is 1. The maximum atomic E-state index is 12.8. The maximum Gasteiger partial charge on any atom is 0.251 e. The summed E-state index contributed by atoms with van der Waals surface area (Å²) >= 11 is 0. The monoisotopic (exact) mass is 333 g/mol. The Morgan fingerprint density at radius 3 is 2.42 bits per heavy atom. The van der Waals surface area contributed by atoms with E-state index in [4.69, 9.17) is 0 Å². The van der Waals surface area contributed by atoms with Crippen molar-refractivity contribution in [2.75, 3.05) is 40.3 Å². The van der Waals surface area contributed by atoms with E-state index in [0.29, 0.717) is 30.4 Å². The third-order valence-corrected chi connectivity index (χ3v) is 5.03. The van der Waals surface area contributed by atoms with Gasteiger partial charge in [-0.1, -0.05) is 0 Å². The smallest absolute Gasteiger partial charge is 0.251 e. The summed E-state index contributed by atoms with van der Waals surface area (Å²) in [5, 5.41) is 2.71. The first-order valence-electron chi connectivity index (χ1n) is 8.42. The summed E-state index contributed by atoms with van der Waals surface area (Å²) in [5.74, 6) is 1.50. The average molecular weight is 333 g/mol. The van der Waals surface area contributed by atoms with Gasteiger partial charge < -0.3 is 15.1 Å². The van der Waals surface area contributed by atoms with Crippen LogP contribution in [-0.4, -0.2) is 61.9 Å². The van der Waals surface area contributed by atoms with Gasteiger partial charge in [0, 0.05) is 38.2 Å². The van der Waals surface area contributed by atoms with Crippen LogP contribution in [0.15, 0.2) is 24.3 Å². The average Bonchev–Trinajstić information content (AvgIpc) is 2.96. The summed E-state index contributed by atoms with van der Waals surface area (Å²) in [6.07, 6.45) is 0.310. The lowest BCUT2D eigenvalue weighted by Crippen LogP contribution is -2.35. The number of fused-ring (bicyclic) bond motifs is 1. The topological polar surface area (TPSA) is 52.6 Å². The SMILES string of the molecule is CN(C)CC1[C@H]2CN(C(=O)CCNC(=O)c3ccc(F)cc3)C[C@@H]12. The zero-order valence-electron chi connectivity index (χ0n) is 14.2. The summed E-state index contributed by atoms with van der Waals surface area (Å²) in [4.78, 5) is 28.2. The highest BCUT2D eigenvalue weighted by Gasteiger charge is 2.56. The zero-order chi connectivity index (χ0) is 17.3. The molecule has 2 amide bonds. The van der Waals surface area contributed by atoms with Crippen LogP contribution >= 0.6 is 0 Å². The Kier molecular flexibility index (Phi) is 4.85. The van der Waals surface area contributed by atoms with Crippen molar-refractivity contribution in [3.05, 3.63) is 35.6 Å². The predicted octanol–water partition coefficient (Wildman–Crippen LogP) is 1.21. The number of benzene rings is 1. The van der Waals surface area contributed by atoms with E-state index in [1.165, 1.54) is 24.3 Å². The van der Waals surface area contributed by atoms with Gasteiger partial charge in [-0.3, -0.25) is 9.59 Å². The molecule has 3 atom stereocenters. The van der Waals surface area contributed by atoms with Crippen molar-refractivity contribution in [3.63, 3.8) is 0 Å². The first-order valence-corrected chi connectivity index (χ1v) is 8.42. The molecule has 1 N–H and O–H groups in total. The first kappa shape index (κ1) is 16.9. The summed E-state index contributed by atoms with van der Waals surface area (Å²) in [7, 11) is 4.17. The van der Waals surface area contributed by atoms with Crippen LogP contribution in [-0.2, 0) is 4.79 Å². The predicted molar refractivity (Wildman–Crippen MR) is 89.0 cm³/mol. The van der Waals surface area contributed by atoms with Crippen molar-refractivity contribution >= 4 is 11.8 Å². The fourth-order valence-corrected chi connectivity index (χ4v) is 3.69. The fourth-order valence-electron chi connectivity index (χ4n) is 3.69. The second-order valence-electron chi connectivity index (χ2n) is 7.07. The first-order chi connectivity index (χ1) is 11.5. The van der Waals surface area contributed by atoms with Gasteiger partial charge in [0.25, 0.3) is 5.91 Å². The summed E-state index contributed by atoms with van der Waals surface area (Å²) in [5.41, 5.74) is 0.401. The van der Waals surface area contributed by atoms with Crippen molar-refractivity contribution < 1.29 is 14.0 Å². The molecule has 1 aliphatic heterocycles. The number of likely N-dealkylation sites (tertiary alicyclic amines) is 1. The number of carbonyl (C=O) groups is 2. The largest absolute Gasteiger partial charge is 0.352 e. The normalized spacial score (nSPS) is 24.8. The number of halogens is 1. The lowest BCUT2D eigenvalue weighted by atomic mass is 10.2. The van der Waals surface area contributed by atoms with Crippen LogP contribution in [0.1, 0.15) is 16.8 Å². The highest BCUT2D eigenvalue weighted by molar-refractivity contribution is 5.94. The van der Waals surface area contributed by atoms with Crippen molar-refractivity contribution in [1.82, 2.24) is 15.1 Å². The van der Waals surface area contributed by atoms with Gasteiger partial charge >= 0.3 is 0 Å². The Morgan fingerprint density at radius 1 is 1.21 bits per heavy atom. The molecule has 0 spiro atoms. The Labute approximate surface area is 141 Å². The van der Waals surface area contributed by atoms with Gasteiger partial charge in [0.15, 0.2) is 0 Å². The highest BCUT2D eigenvalue weighted by atomic mass is 19.1. The molecule has 1 unspecified atom stereocenters. The zero-order valence-corrected chi connectivity index (χ0v) is 14.2. The molecule has 0 radical (unpaired) electrons. The Hall–Kier alpha value is -1.95. The Balaban J connectivity index is 1.37. The van der Waals surface area contributed by atoms with Crippen LogP contribution in [0.2, 0.25) is 0 Å². The number of rotatable bonds is 6. The molecule has 130 valence electrons. The van der Waals surface area contributed by atoms with Gasteiger partial charge in [-0.15, -0.1) is 0 Å². The van der Waals surface area contributed by atoms with Gasteiger partial charge in [-0.05, 0) is 56.1 Å². The van der Waals surface area contributed by atoms with Crippen LogP contribution in [0.5, 0.6) is 0 Å². The minimum absolute atomic E-state index is 0.102. The number of nitrogens with one attached hydrogen (secondary N) is 1. The molecule has 3 rings (SSSR count). The van der Waals surface area contributed by atoms with Crippen LogP contribution in [0.3, 0.4) is 0 Å². The number of amides is 2. The molecule has 0 aromatic heterocycles. The molecule has 2 aliphatic rings. The molecular weight excluding hydrogens is 309 g/mol. The van der Waals surface area contributed by atoms with E-state index in [-0.39, 0.29) is 17.6 Å². The van der Waals surface area contributed by atoms with Crippen molar-refractivity contribution in [2.45, 2.75) is 6.42 Å². The third kappa shape index (κ3) is 3.75. The molecular formula is C18H24FN3O2. The van der Waals surface area contributed by atoms with Crippen molar-refractivity contribution in [1.29, 1.82) is 0 Å². The van der Waals surface area contributed by atoms with E-state index in [2.05, 4.69) is 24.3 Å². The number of carbonyl (C=O) groups excluding carboxylic acids is 2. The van der Waals surface area contributed by atoms with E-state index in [1.807, 2.05) is 4.90 Å². The minimum atomic E-state index is -0.373. The van der Waals surface area contributed by atoms with Crippen LogP contribution < -0.4 is 5.32 Å². The molecule has 1 heterocycles. The van der Waals surface area contributed by atoms with Gasteiger partial charge in [0.2, 0.25) is 5.91 Å². The molecule has 1 aromatic carbocycles. The second kappa shape index (κ2) is 6.89. The Bertz CT molecular complexity index is 605. The van der Waals surface area contributed by atoms with E-state index < -0.39 is 0 Å². The van der Waals surface area contributed by atoms with Crippen molar-refractivity contribution in [3.8, 4) is 0 Å². The maximum absolute atomic E-state index is 12.8. The Morgan fingerprint density at radius 2 is 1.83 bits per heavy atom. The number of hydrogen-bond acceptors (Lipinski definition) is 3. The van der Waals surface area contributed by atoms with E-state index in [9.17, 15) is 14.0 Å². The highest BCUT2D eigenvalue weighted by Crippen LogP contribution is 2.51. The molecule has 1 aliphatic carbocycles. The van der Waals surface area contributed by atoms with E-state index >= 15 is 0 Å². The summed E-state index contributed by atoms with van der Waals surface area (Å²) < 4.78 is 12.8. The van der Waals surface area contributed by atoms with Crippen LogP contribution in [0, 0.1) is 23.6 Å². The molecule has 1 aromatic rings. The molecule has 6 heteroatoms. The molecule has 2 fully saturated rings. The molecule has 24 heavy (non-hydrogen) atoms. The van der Waals surface area contributed by atoms with Crippen molar-refractivity contribution in [2.24, 2.45) is 17.8 Å². The van der Waals surface area contributed by atoms with Gasteiger partial charge in [0.05, 0.1) is 0 Å². The molecule has 1 saturated carbocycles. The quantitative estimate of drug-likeness (QED) is 0.851. The summed E-state index contributed by atoms with van der Waals surface area (Å²) in [6, 6.07) is 5.37. The third-order valence-electron chi connectivity index (χ3n) is 5.03. The van der Waals surface area contributed by atoms with Crippen LogP contribution in [0.25, 0.3) is 0 Å².